The fraction of sp³-hybridized carbons (Fsp3) is 0.263. The second-order valence-electron chi connectivity index (χ2n) is 6.73. The highest BCUT2D eigenvalue weighted by Crippen LogP contribution is 2.28. The van der Waals surface area contributed by atoms with Gasteiger partial charge < -0.3 is 15.1 Å². The van der Waals surface area contributed by atoms with Gasteiger partial charge >= 0.3 is 12.1 Å². The summed E-state index contributed by atoms with van der Waals surface area (Å²) in [6.45, 7) is 4.73. The topological polar surface area (TPSA) is 121 Å². The van der Waals surface area contributed by atoms with Gasteiger partial charge in [0.1, 0.15) is 12.3 Å². The van der Waals surface area contributed by atoms with Crippen LogP contribution >= 0.6 is 0 Å². The van der Waals surface area contributed by atoms with Crippen LogP contribution in [0.15, 0.2) is 41.0 Å². The molecule has 0 spiro atoms. The van der Waals surface area contributed by atoms with Crippen LogP contribution in [0.2, 0.25) is 0 Å². The van der Waals surface area contributed by atoms with Gasteiger partial charge in [-0.05, 0) is 56.2 Å². The number of nitrogens with one attached hydrogen (secondary N) is 3. The van der Waals surface area contributed by atoms with Crippen LogP contribution in [0.25, 0.3) is 0 Å². The van der Waals surface area contributed by atoms with E-state index in [-0.39, 0.29) is 5.76 Å². The van der Waals surface area contributed by atoms with E-state index in [1.54, 1.807) is 24.3 Å². The number of anilines is 1. The average Bonchev–Trinajstić information content (AvgIpc) is 3.23. The molecule has 2 heterocycles. The summed E-state index contributed by atoms with van der Waals surface area (Å²) in [4.78, 5) is 49.7. The van der Waals surface area contributed by atoms with E-state index in [9.17, 15) is 19.2 Å². The monoisotopic (exact) mass is 384 g/mol. The molecule has 1 aromatic heterocycles. The quantitative estimate of drug-likeness (QED) is 0.697. The van der Waals surface area contributed by atoms with Crippen LogP contribution in [0.3, 0.4) is 0 Å². The lowest BCUT2D eigenvalue weighted by Crippen LogP contribution is -2.45. The van der Waals surface area contributed by atoms with Gasteiger partial charge in [-0.1, -0.05) is 6.07 Å². The van der Waals surface area contributed by atoms with Gasteiger partial charge in [-0.2, -0.15) is 0 Å². The van der Waals surface area contributed by atoms with Crippen molar-refractivity contribution in [3.63, 3.8) is 0 Å². The molecule has 1 aromatic carbocycles. The van der Waals surface area contributed by atoms with Crippen molar-refractivity contribution in [3.05, 3.63) is 53.5 Å². The minimum Gasteiger partial charge on any atom is -0.466 e. The van der Waals surface area contributed by atoms with E-state index >= 15 is 0 Å². The molecule has 0 bridgehead atoms. The Labute approximate surface area is 161 Å². The summed E-state index contributed by atoms with van der Waals surface area (Å²) >= 11 is 0. The van der Waals surface area contributed by atoms with E-state index in [1.807, 2.05) is 19.9 Å². The SMILES string of the molecule is Cc1ccc(NC(=O)NC(=O)CN2C(=O)NC(C)(c3ccco3)C2=O)cc1C. The molecule has 0 radical (unpaired) electrons. The smallest absolute Gasteiger partial charge is 0.325 e. The van der Waals surface area contributed by atoms with Crippen LogP contribution in [-0.2, 0) is 15.1 Å². The number of amides is 6. The molecule has 1 atom stereocenters. The molecule has 9 heteroatoms. The molecular weight excluding hydrogens is 364 g/mol. The van der Waals surface area contributed by atoms with Crippen LogP contribution < -0.4 is 16.0 Å². The lowest BCUT2D eigenvalue weighted by atomic mass is 9.99. The van der Waals surface area contributed by atoms with Crippen LogP contribution in [0.5, 0.6) is 0 Å². The van der Waals surface area contributed by atoms with E-state index in [2.05, 4.69) is 16.0 Å². The van der Waals surface area contributed by atoms with Crippen molar-refractivity contribution in [3.8, 4) is 0 Å². The summed E-state index contributed by atoms with van der Waals surface area (Å²) in [6.07, 6.45) is 1.38. The zero-order valence-electron chi connectivity index (χ0n) is 15.7. The Morgan fingerprint density at radius 1 is 1.18 bits per heavy atom. The summed E-state index contributed by atoms with van der Waals surface area (Å²) in [7, 11) is 0. The molecule has 1 unspecified atom stereocenters. The summed E-state index contributed by atoms with van der Waals surface area (Å²) in [5.74, 6) is -1.19. The standard InChI is InChI=1S/C19H20N4O5/c1-11-6-7-13(9-12(11)2)20-17(26)21-15(24)10-23-16(25)19(3,22-18(23)27)14-5-4-8-28-14/h4-9H,10H2,1-3H3,(H,22,27)(H2,20,21,24,26). The largest absolute Gasteiger partial charge is 0.466 e. The van der Waals surface area contributed by atoms with E-state index in [1.165, 1.54) is 13.2 Å². The van der Waals surface area contributed by atoms with Crippen LogP contribution in [-0.4, -0.2) is 35.3 Å². The number of rotatable bonds is 4. The van der Waals surface area contributed by atoms with Crippen molar-refractivity contribution in [2.24, 2.45) is 0 Å². The lowest BCUT2D eigenvalue weighted by molar-refractivity contribution is -0.135. The highest BCUT2D eigenvalue weighted by atomic mass is 16.3. The highest BCUT2D eigenvalue weighted by molar-refractivity contribution is 6.10. The second kappa shape index (κ2) is 7.18. The minimum absolute atomic E-state index is 0.251. The molecule has 9 nitrogen and oxygen atoms in total. The Bertz CT molecular complexity index is 953. The average molecular weight is 384 g/mol. The number of urea groups is 2. The molecule has 1 aliphatic heterocycles. The zero-order chi connectivity index (χ0) is 20.5. The maximum atomic E-state index is 12.6. The first-order chi connectivity index (χ1) is 13.2. The number of aryl methyl sites for hydroxylation is 2. The number of nitrogens with zero attached hydrogens (tertiary/aromatic N) is 1. The van der Waals surface area contributed by atoms with Gasteiger partial charge in [-0.3, -0.25) is 19.8 Å². The van der Waals surface area contributed by atoms with Crippen molar-refractivity contribution >= 4 is 29.6 Å². The number of hydrogen-bond acceptors (Lipinski definition) is 5. The van der Waals surface area contributed by atoms with Gasteiger partial charge in [0.2, 0.25) is 5.91 Å². The Balaban J connectivity index is 1.61. The Morgan fingerprint density at radius 2 is 1.93 bits per heavy atom. The first-order valence-corrected chi connectivity index (χ1v) is 8.57. The van der Waals surface area contributed by atoms with Crippen LogP contribution in [0, 0.1) is 13.8 Å². The third-order valence-electron chi connectivity index (χ3n) is 4.61. The van der Waals surface area contributed by atoms with Gasteiger partial charge in [-0.15, -0.1) is 0 Å². The second-order valence-corrected chi connectivity index (χ2v) is 6.73. The molecular formula is C19H20N4O5. The molecule has 2 aromatic rings. The van der Waals surface area contributed by atoms with Crippen molar-refractivity contribution in [1.82, 2.24) is 15.5 Å². The number of hydrogen-bond donors (Lipinski definition) is 3. The first-order valence-electron chi connectivity index (χ1n) is 8.57. The molecule has 28 heavy (non-hydrogen) atoms. The zero-order valence-corrected chi connectivity index (χ0v) is 15.7. The molecule has 3 N–H and O–H groups in total. The van der Waals surface area contributed by atoms with Gasteiger partial charge in [-0.25, -0.2) is 9.59 Å². The summed E-state index contributed by atoms with van der Waals surface area (Å²) in [5, 5.41) is 7.15. The predicted octanol–water partition coefficient (Wildman–Crippen LogP) is 2.01. The van der Waals surface area contributed by atoms with Crippen LogP contribution in [0.1, 0.15) is 23.8 Å². The lowest BCUT2D eigenvalue weighted by Gasteiger charge is -2.18. The molecule has 0 saturated carbocycles. The van der Waals surface area contributed by atoms with Crippen molar-refractivity contribution in [2.75, 3.05) is 11.9 Å². The number of imide groups is 2. The van der Waals surface area contributed by atoms with E-state index in [0.29, 0.717) is 5.69 Å². The Morgan fingerprint density at radius 3 is 2.57 bits per heavy atom. The Hall–Kier alpha value is -3.62. The van der Waals surface area contributed by atoms with Gasteiger partial charge in [0.05, 0.1) is 6.26 Å². The van der Waals surface area contributed by atoms with Crippen molar-refractivity contribution in [2.45, 2.75) is 26.3 Å². The summed E-state index contributed by atoms with van der Waals surface area (Å²) < 4.78 is 5.21. The number of carbonyl (C=O) groups excluding carboxylic acids is 4. The third kappa shape index (κ3) is 3.59. The van der Waals surface area contributed by atoms with Gasteiger partial charge in [0.25, 0.3) is 5.91 Å². The third-order valence-corrected chi connectivity index (χ3v) is 4.61. The van der Waals surface area contributed by atoms with Crippen molar-refractivity contribution < 1.29 is 23.6 Å². The summed E-state index contributed by atoms with van der Waals surface area (Å²) in [6, 6.07) is 6.97. The summed E-state index contributed by atoms with van der Waals surface area (Å²) in [5.41, 5.74) is 1.18. The molecule has 1 aliphatic rings. The molecule has 0 aliphatic carbocycles. The van der Waals surface area contributed by atoms with Gasteiger partial charge in [0.15, 0.2) is 5.54 Å². The van der Waals surface area contributed by atoms with E-state index < -0.39 is 36.0 Å². The first kappa shape index (κ1) is 19.2. The normalized spacial score (nSPS) is 18.8. The fourth-order valence-electron chi connectivity index (χ4n) is 2.86. The molecule has 6 amide bonds. The maximum Gasteiger partial charge on any atom is 0.325 e. The fourth-order valence-corrected chi connectivity index (χ4v) is 2.86. The van der Waals surface area contributed by atoms with E-state index in [0.717, 1.165) is 16.0 Å². The van der Waals surface area contributed by atoms with Gasteiger partial charge in [0, 0.05) is 5.69 Å². The molecule has 3 rings (SSSR count). The Kier molecular flexibility index (Phi) is 4.91. The number of furan rings is 1. The van der Waals surface area contributed by atoms with Crippen LogP contribution in [0.4, 0.5) is 15.3 Å². The predicted molar refractivity (Wildman–Crippen MR) is 99.4 cm³/mol. The molecule has 1 fully saturated rings. The van der Waals surface area contributed by atoms with Crippen molar-refractivity contribution in [1.29, 1.82) is 0 Å². The minimum atomic E-state index is -1.40. The maximum absolute atomic E-state index is 12.6. The highest BCUT2D eigenvalue weighted by Gasteiger charge is 2.51. The molecule has 1 saturated heterocycles. The number of benzene rings is 1. The molecule has 146 valence electrons. The van der Waals surface area contributed by atoms with E-state index in [4.69, 9.17) is 4.42 Å². The number of carbonyl (C=O) groups is 4.